The Balaban J connectivity index is 2.22. The van der Waals surface area contributed by atoms with Crippen molar-refractivity contribution in [1.29, 1.82) is 0 Å². The predicted octanol–water partition coefficient (Wildman–Crippen LogP) is 5.59. The number of nitrogens with zero attached hydrogens (tertiary/aromatic N) is 1. The molecule has 0 spiro atoms. The number of benzene rings is 2. The lowest BCUT2D eigenvalue weighted by molar-refractivity contribution is -0.400. The van der Waals surface area contributed by atoms with E-state index in [2.05, 4.69) is 15.9 Å². The highest BCUT2D eigenvalue weighted by Crippen LogP contribution is 2.37. The maximum Gasteiger partial charge on any atom is 0.235 e. The normalized spacial score (nSPS) is 10.8. The van der Waals surface area contributed by atoms with E-state index in [4.69, 9.17) is 32.7 Å². The Kier molecular flexibility index (Phi) is 6.48. The molecule has 0 N–H and O–H groups in total. The largest absolute Gasteiger partial charge is 0.493 e. The van der Waals surface area contributed by atoms with E-state index in [1.165, 1.54) is 13.2 Å². The van der Waals surface area contributed by atoms with Gasteiger partial charge in [0.05, 0.1) is 26.6 Å². The SMILES string of the molecule is COc1cc(C=C[N+](=O)[O-])cc(Br)c1OCc1ccc(Cl)c(Cl)c1. The van der Waals surface area contributed by atoms with Crippen molar-refractivity contribution >= 4 is 45.2 Å². The summed E-state index contributed by atoms with van der Waals surface area (Å²) in [5.74, 6) is 0.939. The Morgan fingerprint density at radius 3 is 2.62 bits per heavy atom. The average molecular weight is 433 g/mol. The number of ether oxygens (including phenoxy) is 2. The van der Waals surface area contributed by atoms with Crippen LogP contribution in [-0.2, 0) is 6.61 Å². The third-order valence-electron chi connectivity index (χ3n) is 3.01. The molecule has 5 nitrogen and oxygen atoms in total. The standard InChI is InChI=1S/C16H12BrCl2NO4/c1-23-15-8-10(4-5-20(21)22)6-12(17)16(15)24-9-11-2-3-13(18)14(19)7-11/h2-8H,9H2,1H3. The summed E-state index contributed by atoms with van der Waals surface area (Å²) in [5, 5.41) is 11.3. The van der Waals surface area contributed by atoms with Crippen molar-refractivity contribution in [3.05, 3.63) is 72.3 Å². The summed E-state index contributed by atoms with van der Waals surface area (Å²) in [6.07, 6.45) is 2.23. The quantitative estimate of drug-likeness (QED) is 0.440. The van der Waals surface area contributed by atoms with Crippen molar-refractivity contribution in [2.75, 3.05) is 7.11 Å². The van der Waals surface area contributed by atoms with E-state index in [0.29, 0.717) is 31.6 Å². The van der Waals surface area contributed by atoms with Gasteiger partial charge >= 0.3 is 0 Å². The van der Waals surface area contributed by atoms with Crippen LogP contribution in [0, 0.1) is 10.1 Å². The number of halogens is 3. The number of methoxy groups -OCH3 is 1. The minimum atomic E-state index is -0.533. The van der Waals surface area contributed by atoms with Gasteiger partial charge < -0.3 is 9.47 Å². The lowest BCUT2D eigenvalue weighted by Gasteiger charge is -2.14. The van der Waals surface area contributed by atoms with Crippen LogP contribution in [-0.4, -0.2) is 12.0 Å². The molecule has 0 aliphatic carbocycles. The van der Waals surface area contributed by atoms with Gasteiger partial charge in [-0.2, -0.15) is 0 Å². The molecule has 0 saturated heterocycles. The predicted molar refractivity (Wildman–Crippen MR) is 97.5 cm³/mol. The Morgan fingerprint density at radius 2 is 2.00 bits per heavy atom. The Bertz CT molecular complexity index is 796. The van der Waals surface area contributed by atoms with E-state index in [1.54, 1.807) is 24.3 Å². The second kappa shape index (κ2) is 8.37. The zero-order chi connectivity index (χ0) is 17.7. The maximum atomic E-state index is 10.4. The van der Waals surface area contributed by atoms with Gasteiger partial charge in [0.25, 0.3) is 0 Å². The van der Waals surface area contributed by atoms with Crippen molar-refractivity contribution in [2.45, 2.75) is 6.61 Å². The molecule has 2 aromatic carbocycles. The average Bonchev–Trinajstić information content (AvgIpc) is 2.54. The molecule has 126 valence electrons. The van der Waals surface area contributed by atoms with Gasteiger partial charge in [-0.1, -0.05) is 29.3 Å². The topological polar surface area (TPSA) is 61.6 Å². The minimum Gasteiger partial charge on any atom is -0.493 e. The summed E-state index contributed by atoms with van der Waals surface area (Å²) in [6.45, 7) is 0.260. The van der Waals surface area contributed by atoms with Gasteiger partial charge in [0.1, 0.15) is 6.61 Å². The zero-order valence-electron chi connectivity index (χ0n) is 12.5. The fourth-order valence-corrected chi connectivity index (χ4v) is 2.80. The maximum absolute atomic E-state index is 10.4. The molecule has 0 unspecified atom stereocenters. The summed E-state index contributed by atoms with van der Waals surface area (Å²) < 4.78 is 11.7. The van der Waals surface area contributed by atoms with Gasteiger partial charge in [-0.05, 0) is 51.3 Å². The molecule has 0 saturated carbocycles. The second-order valence-electron chi connectivity index (χ2n) is 4.67. The van der Waals surface area contributed by atoms with Crippen molar-refractivity contribution in [2.24, 2.45) is 0 Å². The molecule has 2 aromatic rings. The first kappa shape index (κ1) is 18.6. The summed E-state index contributed by atoms with van der Waals surface area (Å²) >= 11 is 15.3. The van der Waals surface area contributed by atoms with Crippen molar-refractivity contribution < 1.29 is 14.4 Å². The molecular formula is C16H12BrCl2NO4. The van der Waals surface area contributed by atoms with Gasteiger partial charge in [0.15, 0.2) is 11.5 Å². The fourth-order valence-electron chi connectivity index (χ4n) is 1.91. The van der Waals surface area contributed by atoms with E-state index in [0.717, 1.165) is 11.8 Å². The first-order valence-electron chi connectivity index (χ1n) is 6.66. The van der Waals surface area contributed by atoms with Crippen LogP contribution in [0.15, 0.2) is 41.0 Å². The lowest BCUT2D eigenvalue weighted by Crippen LogP contribution is -1.99. The van der Waals surface area contributed by atoms with Crippen molar-refractivity contribution in [3.8, 4) is 11.5 Å². The van der Waals surface area contributed by atoms with Crippen LogP contribution in [0.2, 0.25) is 10.0 Å². The smallest absolute Gasteiger partial charge is 0.235 e. The number of rotatable bonds is 6. The molecule has 0 radical (unpaired) electrons. The molecule has 8 heteroatoms. The Morgan fingerprint density at radius 1 is 1.25 bits per heavy atom. The second-order valence-corrected chi connectivity index (χ2v) is 6.34. The molecule has 0 fully saturated rings. The van der Waals surface area contributed by atoms with E-state index < -0.39 is 4.92 Å². The molecule has 0 aliphatic rings. The molecule has 0 aliphatic heterocycles. The van der Waals surface area contributed by atoms with Crippen molar-refractivity contribution in [1.82, 2.24) is 0 Å². The highest BCUT2D eigenvalue weighted by atomic mass is 79.9. The Labute approximate surface area is 157 Å². The molecule has 0 bridgehead atoms. The van der Waals surface area contributed by atoms with Gasteiger partial charge in [-0.3, -0.25) is 10.1 Å². The number of nitro groups is 1. The first-order chi connectivity index (χ1) is 11.4. The van der Waals surface area contributed by atoms with Crippen LogP contribution in [0.1, 0.15) is 11.1 Å². The summed E-state index contributed by atoms with van der Waals surface area (Å²) in [6, 6.07) is 8.57. The molecule has 0 atom stereocenters. The van der Waals surface area contributed by atoms with Gasteiger partial charge in [-0.15, -0.1) is 0 Å². The van der Waals surface area contributed by atoms with E-state index in [-0.39, 0.29) is 6.61 Å². The van der Waals surface area contributed by atoms with Gasteiger partial charge in [0.2, 0.25) is 6.20 Å². The molecule has 0 aromatic heterocycles. The zero-order valence-corrected chi connectivity index (χ0v) is 15.6. The van der Waals surface area contributed by atoms with Crippen LogP contribution >= 0.6 is 39.1 Å². The van der Waals surface area contributed by atoms with Crippen LogP contribution in [0.5, 0.6) is 11.5 Å². The lowest BCUT2D eigenvalue weighted by atomic mass is 10.2. The monoisotopic (exact) mass is 431 g/mol. The van der Waals surface area contributed by atoms with Gasteiger partial charge in [-0.25, -0.2) is 0 Å². The van der Waals surface area contributed by atoms with E-state index in [1.807, 2.05) is 6.07 Å². The molecular weight excluding hydrogens is 421 g/mol. The summed E-state index contributed by atoms with van der Waals surface area (Å²) in [5.41, 5.74) is 1.45. The summed E-state index contributed by atoms with van der Waals surface area (Å²) in [7, 11) is 1.49. The molecule has 0 heterocycles. The number of hydrogen-bond donors (Lipinski definition) is 0. The molecule has 2 rings (SSSR count). The Hall–Kier alpha value is -1.76. The molecule has 0 amide bonds. The van der Waals surface area contributed by atoms with Crippen LogP contribution < -0.4 is 9.47 Å². The highest BCUT2D eigenvalue weighted by Gasteiger charge is 2.12. The third kappa shape index (κ3) is 4.87. The molecule has 24 heavy (non-hydrogen) atoms. The highest BCUT2D eigenvalue weighted by molar-refractivity contribution is 9.10. The minimum absolute atomic E-state index is 0.260. The van der Waals surface area contributed by atoms with E-state index >= 15 is 0 Å². The van der Waals surface area contributed by atoms with Crippen LogP contribution in [0.25, 0.3) is 6.08 Å². The third-order valence-corrected chi connectivity index (χ3v) is 4.34. The van der Waals surface area contributed by atoms with E-state index in [9.17, 15) is 10.1 Å². The van der Waals surface area contributed by atoms with Crippen LogP contribution in [0.4, 0.5) is 0 Å². The van der Waals surface area contributed by atoms with Crippen molar-refractivity contribution in [3.63, 3.8) is 0 Å². The van der Waals surface area contributed by atoms with Crippen LogP contribution in [0.3, 0.4) is 0 Å². The summed E-state index contributed by atoms with van der Waals surface area (Å²) in [4.78, 5) is 9.89. The van der Waals surface area contributed by atoms with Gasteiger partial charge in [0, 0.05) is 6.08 Å². The fraction of sp³-hybridized carbons (Fsp3) is 0.125. The number of hydrogen-bond acceptors (Lipinski definition) is 4. The first-order valence-corrected chi connectivity index (χ1v) is 8.21.